The maximum Gasteiger partial charge on any atom is 0.159 e. The van der Waals surface area contributed by atoms with Gasteiger partial charge in [-0.05, 0) is 56.3 Å². The van der Waals surface area contributed by atoms with Crippen molar-refractivity contribution in [2.24, 2.45) is 0 Å². The maximum absolute atomic E-state index is 6.14. The number of rotatable bonds is 7. The fraction of sp³-hybridized carbons (Fsp3) is 0.304. The molecule has 0 atom stereocenters. The molecule has 28 heavy (non-hydrogen) atoms. The van der Waals surface area contributed by atoms with Crippen molar-refractivity contribution in [3.05, 3.63) is 82.1 Å². The first-order chi connectivity index (χ1) is 13.0. The van der Waals surface area contributed by atoms with Gasteiger partial charge in [-0.25, -0.2) is 9.97 Å². The molecule has 1 aromatic heterocycles. The van der Waals surface area contributed by atoms with Crippen LogP contribution in [0, 0.1) is 0 Å². The molecule has 0 spiro atoms. The van der Waals surface area contributed by atoms with Crippen LogP contribution in [-0.4, -0.2) is 35.5 Å². The molecule has 5 heteroatoms. The lowest BCUT2D eigenvalue weighted by molar-refractivity contribution is 0.413. The molecule has 0 saturated heterocycles. The zero-order valence-corrected chi connectivity index (χ0v) is 18.2. The number of nitrogens with zero attached hydrogens (tertiary/aromatic N) is 3. The predicted molar refractivity (Wildman–Crippen MR) is 121 cm³/mol. The minimum absolute atomic E-state index is 0. The first-order valence-electron chi connectivity index (χ1n) is 9.39. The second kappa shape index (κ2) is 10.6. The molecule has 1 heterocycles. The molecule has 3 rings (SSSR count). The molecule has 0 N–H and O–H groups in total. The van der Waals surface area contributed by atoms with Crippen LogP contribution in [-0.2, 0) is 19.3 Å². The van der Waals surface area contributed by atoms with E-state index in [-0.39, 0.29) is 12.4 Å². The van der Waals surface area contributed by atoms with E-state index in [1.54, 1.807) is 0 Å². The molecule has 3 nitrogen and oxygen atoms in total. The topological polar surface area (TPSA) is 29.0 Å². The molecule has 0 amide bonds. The summed E-state index contributed by atoms with van der Waals surface area (Å²) in [4.78, 5) is 11.7. The lowest BCUT2D eigenvalue weighted by Gasteiger charge is -2.10. The zero-order chi connectivity index (χ0) is 19.2. The monoisotopic (exact) mass is 415 g/mol. The van der Waals surface area contributed by atoms with E-state index in [2.05, 4.69) is 61.2 Å². The summed E-state index contributed by atoms with van der Waals surface area (Å²) < 4.78 is 0. The van der Waals surface area contributed by atoms with Crippen molar-refractivity contribution in [1.29, 1.82) is 0 Å². The zero-order valence-electron chi connectivity index (χ0n) is 16.7. The minimum Gasteiger partial charge on any atom is -0.309 e. The van der Waals surface area contributed by atoms with E-state index in [1.165, 1.54) is 11.1 Å². The molecule has 0 aliphatic rings. The summed E-state index contributed by atoms with van der Waals surface area (Å²) in [5.74, 6) is 0.745. The van der Waals surface area contributed by atoms with E-state index in [0.29, 0.717) is 5.02 Å². The van der Waals surface area contributed by atoms with Gasteiger partial charge in [-0.15, -0.1) is 12.4 Å². The smallest absolute Gasteiger partial charge is 0.159 e. The Kier molecular flexibility index (Phi) is 8.43. The molecule has 0 unspecified atom stereocenters. The first-order valence-corrected chi connectivity index (χ1v) is 9.76. The molecule has 0 aliphatic carbocycles. The van der Waals surface area contributed by atoms with Crippen LogP contribution in [0.4, 0.5) is 0 Å². The van der Waals surface area contributed by atoms with Crippen LogP contribution in [0.3, 0.4) is 0 Å². The van der Waals surface area contributed by atoms with Gasteiger partial charge >= 0.3 is 0 Å². The van der Waals surface area contributed by atoms with Gasteiger partial charge in [0.2, 0.25) is 0 Å². The van der Waals surface area contributed by atoms with E-state index in [9.17, 15) is 0 Å². The van der Waals surface area contributed by atoms with Gasteiger partial charge in [0.1, 0.15) is 0 Å². The van der Waals surface area contributed by atoms with Crippen LogP contribution < -0.4 is 0 Å². The van der Waals surface area contributed by atoms with Crippen molar-refractivity contribution in [1.82, 2.24) is 14.9 Å². The highest BCUT2D eigenvalue weighted by Gasteiger charge is 2.08. The Hall–Kier alpha value is -1.94. The Labute approximate surface area is 179 Å². The van der Waals surface area contributed by atoms with E-state index in [1.807, 2.05) is 24.3 Å². The van der Waals surface area contributed by atoms with Crippen molar-refractivity contribution in [3.63, 3.8) is 0 Å². The van der Waals surface area contributed by atoms with Gasteiger partial charge < -0.3 is 4.90 Å². The second-order valence-electron chi connectivity index (χ2n) is 7.08. The molecular weight excluding hydrogens is 389 g/mol. The third kappa shape index (κ3) is 6.30. The van der Waals surface area contributed by atoms with E-state index < -0.39 is 0 Å². The number of benzene rings is 2. The van der Waals surface area contributed by atoms with Gasteiger partial charge in [0.05, 0.1) is 0 Å². The Morgan fingerprint density at radius 3 is 2.21 bits per heavy atom. The van der Waals surface area contributed by atoms with Crippen molar-refractivity contribution in [2.75, 3.05) is 20.6 Å². The summed E-state index contributed by atoms with van der Waals surface area (Å²) >= 11 is 6.14. The van der Waals surface area contributed by atoms with Gasteiger partial charge in [-0.1, -0.05) is 54.9 Å². The van der Waals surface area contributed by atoms with Gasteiger partial charge in [0, 0.05) is 34.9 Å². The SMILES string of the molecule is CCc1cc(Cc2ccc(CCN(C)C)cc2)nc(-c2cccc(Cl)c2)n1.Cl. The van der Waals surface area contributed by atoms with E-state index in [0.717, 1.165) is 48.6 Å². The molecule has 2 aromatic carbocycles. The molecule has 0 radical (unpaired) electrons. The van der Waals surface area contributed by atoms with Crippen LogP contribution in [0.5, 0.6) is 0 Å². The summed E-state index contributed by atoms with van der Waals surface area (Å²) in [6, 6.07) is 18.7. The fourth-order valence-corrected chi connectivity index (χ4v) is 3.16. The highest BCUT2D eigenvalue weighted by Crippen LogP contribution is 2.21. The number of aromatic nitrogens is 2. The van der Waals surface area contributed by atoms with Crippen LogP contribution in [0.2, 0.25) is 5.02 Å². The summed E-state index contributed by atoms with van der Waals surface area (Å²) in [7, 11) is 4.21. The number of halogens is 2. The third-order valence-corrected chi connectivity index (χ3v) is 4.77. The van der Waals surface area contributed by atoms with Crippen LogP contribution in [0.1, 0.15) is 29.4 Å². The van der Waals surface area contributed by atoms with E-state index in [4.69, 9.17) is 16.6 Å². The summed E-state index contributed by atoms with van der Waals surface area (Å²) in [6.07, 6.45) is 2.75. The maximum atomic E-state index is 6.14. The third-order valence-electron chi connectivity index (χ3n) is 4.53. The van der Waals surface area contributed by atoms with Crippen molar-refractivity contribution < 1.29 is 0 Å². The predicted octanol–water partition coefficient (Wildman–Crippen LogP) is 5.48. The second-order valence-corrected chi connectivity index (χ2v) is 7.52. The molecular formula is C23H27Cl2N3. The summed E-state index contributed by atoms with van der Waals surface area (Å²) in [5, 5.41) is 0.702. The Bertz CT molecular complexity index is 893. The fourth-order valence-electron chi connectivity index (χ4n) is 2.97. The number of hydrogen-bond donors (Lipinski definition) is 0. The Morgan fingerprint density at radius 2 is 1.57 bits per heavy atom. The van der Waals surface area contributed by atoms with Crippen LogP contribution >= 0.6 is 24.0 Å². The Balaban J connectivity index is 0.00000280. The van der Waals surface area contributed by atoms with Crippen LogP contribution in [0.15, 0.2) is 54.6 Å². The average molecular weight is 416 g/mol. The van der Waals surface area contributed by atoms with Gasteiger partial charge in [-0.3, -0.25) is 0 Å². The highest BCUT2D eigenvalue weighted by molar-refractivity contribution is 6.30. The van der Waals surface area contributed by atoms with Crippen LogP contribution in [0.25, 0.3) is 11.4 Å². The van der Waals surface area contributed by atoms with Gasteiger partial charge in [0.25, 0.3) is 0 Å². The minimum atomic E-state index is 0. The first kappa shape index (κ1) is 22.4. The number of aryl methyl sites for hydroxylation is 1. The van der Waals surface area contributed by atoms with Crippen molar-refractivity contribution in [2.45, 2.75) is 26.2 Å². The largest absolute Gasteiger partial charge is 0.309 e. The highest BCUT2D eigenvalue weighted by atomic mass is 35.5. The standard InChI is InChI=1S/C23H26ClN3.ClH/c1-4-21-16-22(26-23(25-21)19-6-5-7-20(24)15-19)14-18-10-8-17(9-11-18)12-13-27(2)3;/h5-11,15-16H,4,12-14H2,1-3H3;1H. The van der Waals surface area contributed by atoms with Gasteiger partial charge in [-0.2, -0.15) is 0 Å². The summed E-state index contributed by atoms with van der Waals surface area (Å²) in [6.45, 7) is 3.18. The molecule has 0 saturated carbocycles. The van der Waals surface area contributed by atoms with Gasteiger partial charge in [0.15, 0.2) is 5.82 Å². The molecule has 0 aliphatic heterocycles. The van der Waals surface area contributed by atoms with E-state index >= 15 is 0 Å². The number of likely N-dealkylation sites (N-methyl/N-ethyl adjacent to an activating group) is 1. The molecule has 0 fully saturated rings. The lowest BCUT2D eigenvalue weighted by atomic mass is 10.0. The molecule has 148 valence electrons. The average Bonchev–Trinajstić information content (AvgIpc) is 2.67. The number of hydrogen-bond acceptors (Lipinski definition) is 3. The van der Waals surface area contributed by atoms with Crippen molar-refractivity contribution >= 4 is 24.0 Å². The van der Waals surface area contributed by atoms with Crippen molar-refractivity contribution in [3.8, 4) is 11.4 Å². The summed E-state index contributed by atoms with van der Waals surface area (Å²) in [5.41, 5.74) is 5.68. The molecule has 0 bridgehead atoms. The quantitative estimate of drug-likeness (QED) is 0.511. The molecule has 3 aromatic rings. The normalized spacial score (nSPS) is 10.8. The lowest BCUT2D eigenvalue weighted by Crippen LogP contribution is -2.14. The Morgan fingerprint density at radius 1 is 0.893 bits per heavy atom.